The fraction of sp³-hybridized carbons (Fsp3) is 0.308. The van der Waals surface area contributed by atoms with Crippen molar-refractivity contribution in [3.63, 3.8) is 0 Å². The van der Waals surface area contributed by atoms with Crippen LogP contribution in [0.2, 0.25) is 0 Å². The van der Waals surface area contributed by atoms with Crippen molar-refractivity contribution in [2.75, 3.05) is 5.73 Å². The summed E-state index contributed by atoms with van der Waals surface area (Å²) in [6.45, 7) is 3.70. The molecule has 2 aromatic rings. The van der Waals surface area contributed by atoms with E-state index in [0.29, 0.717) is 11.5 Å². The summed E-state index contributed by atoms with van der Waals surface area (Å²) in [4.78, 5) is 16.2. The predicted octanol–water partition coefficient (Wildman–Crippen LogP) is 1.37. The van der Waals surface area contributed by atoms with Crippen LogP contribution < -0.4 is 11.1 Å². The molecule has 2 atom stereocenters. The number of benzene rings is 1. The number of aromatic nitrogens is 3. The zero-order valence-electron chi connectivity index (χ0n) is 10.9. The quantitative estimate of drug-likeness (QED) is 0.722. The molecule has 1 aromatic carbocycles. The highest BCUT2D eigenvalue weighted by molar-refractivity contribution is 5.83. The maximum atomic E-state index is 12.1. The zero-order valence-corrected chi connectivity index (χ0v) is 10.9. The summed E-state index contributed by atoms with van der Waals surface area (Å²) >= 11 is 0. The minimum atomic E-state index is -0.270. The van der Waals surface area contributed by atoms with Gasteiger partial charge in [0.05, 0.1) is 12.0 Å². The third kappa shape index (κ3) is 3.09. The third-order valence-corrected chi connectivity index (χ3v) is 3.01. The minimum Gasteiger partial charge on any atom is -0.399 e. The Bertz CT molecular complexity index is 552. The van der Waals surface area contributed by atoms with Gasteiger partial charge in [0.2, 0.25) is 5.91 Å². The molecule has 0 bridgehead atoms. The van der Waals surface area contributed by atoms with E-state index in [-0.39, 0.29) is 17.9 Å². The number of aromatic amines is 1. The maximum absolute atomic E-state index is 12.1. The molecule has 1 amide bonds. The van der Waals surface area contributed by atoms with Crippen LogP contribution in [-0.4, -0.2) is 21.1 Å². The van der Waals surface area contributed by atoms with E-state index in [2.05, 4.69) is 20.5 Å². The molecule has 4 N–H and O–H groups in total. The third-order valence-electron chi connectivity index (χ3n) is 3.01. The molecule has 0 aliphatic rings. The lowest BCUT2D eigenvalue weighted by Gasteiger charge is -2.16. The van der Waals surface area contributed by atoms with Crippen molar-refractivity contribution in [2.45, 2.75) is 25.8 Å². The SMILES string of the molecule is CC(NC(=O)C(C)c1cccc(N)c1)c1ncn[nH]1. The van der Waals surface area contributed by atoms with Gasteiger partial charge in [0.15, 0.2) is 0 Å². The van der Waals surface area contributed by atoms with Crippen LogP contribution in [0, 0.1) is 0 Å². The molecule has 2 unspecified atom stereocenters. The molecule has 6 nitrogen and oxygen atoms in total. The first kappa shape index (κ1) is 13.1. The van der Waals surface area contributed by atoms with Gasteiger partial charge in [-0.25, -0.2) is 4.98 Å². The number of rotatable bonds is 4. The second-order valence-electron chi connectivity index (χ2n) is 4.49. The zero-order chi connectivity index (χ0) is 13.8. The van der Waals surface area contributed by atoms with Gasteiger partial charge in [0.1, 0.15) is 12.2 Å². The molecule has 19 heavy (non-hydrogen) atoms. The highest BCUT2D eigenvalue weighted by atomic mass is 16.1. The molecule has 6 heteroatoms. The average Bonchev–Trinajstić information content (AvgIpc) is 2.91. The standard InChI is InChI=1S/C13H17N5O/c1-8(10-4-3-5-11(14)6-10)13(19)17-9(2)12-15-7-16-18-12/h3-9H,14H2,1-2H3,(H,17,19)(H,15,16,18). The van der Waals surface area contributed by atoms with Crippen molar-refractivity contribution in [3.8, 4) is 0 Å². The van der Waals surface area contributed by atoms with Gasteiger partial charge in [0.25, 0.3) is 0 Å². The topological polar surface area (TPSA) is 96.7 Å². The first-order valence-corrected chi connectivity index (χ1v) is 6.09. The molecule has 0 radical (unpaired) electrons. The van der Waals surface area contributed by atoms with Crippen molar-refractivity contribution in [1.82, 2.24) is 20.5 Å². The molecule has 0 saturated heterocycles. The van der Waals surface area contributed by atoms with E-state index in [0.717, 1.165) is 5.56 Å². The Balaban J connectivity index is 2.04. The number of hydrogen-bond donors (Lipinski definition) is 3. The first-order valence-electron chi connectivity index (χ1n) is 6.09. The largest absolute Gasteiger partial charge is 0.399 e. The van der Waals surface area contributed by atoms with Gasteiger partial charge in [-0.05, 0) is 31.5 Å². The molecular weight excluding hydrogens is 242 g/mol. The summed E-state index contributed by atoms with van der Waals surface area (Å²) in [5.41, 5.74) is 7.26. The van der Waals surface area contributed by atoms with Gasteiger partial charge in [0, 0.05) is 5.69 Å². The summed E-state index contributed by atoms with van der Waals surface area (Å²) in [6, 6.07) is 7.13. The second kappa shape index (κ2) is 5.51. The number of anilines is 1. The Labute approximate surface area is 111 Å². The van der Waals surface area contributed by atoms with Crippen LogP contribution in [0.25, 0.3) is 0 Å². The van der Waals surface area contributed by atoms with Crippen LogP contribution in [0.5, 0.6) is 0 Å². The minimum absolute atomic E-state index is 0.0745. The second-order valence-corrected chi connectivity index (χ2v) is 4.49. The van der Waals surface area contributed by atoms with Crippen LogP contribution in [0.4, 0.5) is 5.69 Å². The number of hydrogen-bond acceptors (Lipinski definition) is 4. The summed E-state index contributed by atoms with van der Waals surface area (Å²) in [6.07, 6.45) is 1.42. The Hall–Kier alpha value is -2.37. The highest BCUT2D eigenvalue weighted by Gasteiger charge is 2.19. The van der Waals surface area contributed by atoms with Gasteiger partial charge in [-0.1, -0.05) is 12.1 Å². The number of nitrogens with zero attached hydrogens (tertiary/aromatic N) is 2. The first-order chi connectivity index (χ1) is 9.08. The highest BCUT2D eigenvalue weighted by Crippen LogP contribution is 2.19. The number of nitrogens with two attached hydrogens (primary N) is 1. The van der Waals surface area contributed by atoms with Gasteiger partial charge < -0.3 is 11.1 Å². The van der Waals surface area contributed by atoms with E-state index in [4.69, 9.17) is 5.73 Å². The van der Waals surface area contributed by atoms with Crippen molar-refractivity contribution in [2.24, 2.45) is 0 Å². The lowest BCUT2D eigenvalue weighted by atomic mass is 9.99. The van der Waals surface area contributed by atoms with Crippen molar-refractivity contribution >= 4 is 11.6 Å². The van der Waals surface area contributed by atoms with E-state index >= 15 is 0 Å². The molecule has 100 valence electrons. The summed E-state index contributed by atoms with van der Waals surface area (Å²) in [7, 11) is 0. The van der Waals surface area contributed by atoms with E-state index in [1.54, 1.807) is 6.07 Å². The molecular formula is C13H17N5O. The maximum Gasteiger partial charge on any atom is 0.227 e. The van der Waals surface area contributed by atoms with E-state index in [9.17, 15) is 4.79 Å². The van der Waals surface area contributed by atoms with Gasteiger partial charge in [-0.2, -0.15) is 5.10 Å². The van der Waals surface area contributed by atoms with Crippen molar-refractivity contribution in [3.05, 3.63) is 42.0 Å². The van der Waals surface area contributed by atoms with Crippen LogP contribution in [0.3, 0.4) is 0 Å². The Morgan fingerprint density at radius 3 is 2.84 bits per heavy atom. The number of amides is 1. The molecule has 0 aliphatic heterocycles. The number of H-pyrrole nitrogens is 1. The average molecular weight is 259 g/mol. The van der Waals surface area contributed by atoms with Crippen LogP contribution >= 0.6 is 0 Å². The number of nitrogens with one attached hydrogen (secondary N) is 2. The van der Waals surface area contributed by atoms with Crippen LogP contribution in [0.1, 0.15) is 37.2 Å². The monoisotopic (exact) mass is 259 g/mol. The van der Waals surface area contributed by atoms with E-state index in [1.807, 2.05) is 32.0 Å². The summed E-state index contributed by atoms with van der Waals surface area (Å²) in [5.74, 6) is 0.288. The molecule has 0 spiro atoms. The Kier molecular flexibility index (Phi) is 3.79. The molecule has 0 saturated carbocycles. The smallest absolute Gasteiger partial charge is 0.227 e. The summed E-state index contributed by atoms with van der Waals surface area (Å²) < 4.78 is 0. The van der Waals surface area contributed by atoms with Crippen molar-refractivity contribution in [1.29, 1.82) is 0 Å². The van der Waals surface area contributed by atoms with Gasteiger partial charge >= 0.3 is 0 Å². The lowest BCUT2D eigenvalue weighted by Crippen LogP contribution is -2.31. The molecule has 1 heterocycles. The van der Waals surface area contributed by atoms with Crippen LogP contribution in [-0.2, 0) is 4.79 Å². The summed E-state index contributed by atoms with van der Waals surface area (Å²) in [5, 5.41) is 9.38. The predicted molar refractivity (Wildman–Crippen MR) is 72.2 cm³/mol. The number of nitrogen functional groups attached to an aromatic ring is 1. The molecule has 0 aliphatic carbocycles. The number of carbonyl (C=O) groups excluding carboxylic acids is 1. The van der Waals surface area contributed by atoms with Crippen LogP contribution in [0.15, 0.2) is 30.6 Å². The molecule has 1 aromatic heterocycles. The normalized spacial score (nSPS) is 13.8. The fourth-order valence-electron chi connectivity index (χ4n) is 1.81. The van der Waals surface area contributed by atoms with E-state index < -0.39 is 0 Å². The van der Waals surface area contributed by atoms with Crippen molar-refractivity contribution < 1.29 is 4.79 Å². The number of carbonyl (C=O) groups is 1. The molecule has 2 rings (SSSR count). The molecule has 0 fully saturated rings. The van der Waals surface area contributed by atoms with Gasteiger partial charge in [-0.15, -0.1) is 0 Å². The Morgan fingerprint density at radius 1 is 1.42 bits per heavy atom. The lowest BCUT2D eigenvalue weighted by molar-refractivity contribution is -0.122. The fourth-order valence-corrected chi connectivity index (χ4v) is 1.81. The van der Waals surface area contributed by atoms with E-state index in [1.165, 1.54) is 6.33 Å². The Morgan fingerprint density at radius 2 is 2.21 bits per heavy atom. The van der Waals surface area contributed by atoms with Gasteiger partial charge in [-0.3, -0.25) is 9.89 Å².